The standard InChI is InChI=1S/C16H26N2O2.ClH/c17-8-14-1-2-15(20-14)16(19)18-9-12-4-10-3-11(5-12)7-13(18)6-10;/h10-15H,1-9,17H2;1H/t10?,11?,12?,13?,14-,15+;/m1./s1. The van der Waals surface area contributed by atoms with Crippen LogP contribution in [0.25, 0.3) is 0 Å². The first kappa shape index (κ1) is 15.6. The third-order valence-corrected chi connectivity index (χ3v) is 6.04. The van der Waals surface area contributed by atoms with Gasteiger partial charge in [-0.3, -0.25) is 4.79 Å². The Bertz CT molecular complexity index is 392. The zero-order valence-corrected chi connectivity index (χ0v) is 13.4. The van der Waals surface area contributed by atoms with Crippen molar-refractivity contribution in [3.8, 4) is 0 Å². The van der Waals surface area contributed by atoms with Gasteiger partial charge < -0.3 is 15.4 Å². The van der Waals surface area contributed by atoms with Gasteiger partial charge in [-0.2, -0.15) is 0 Å². The predicted molar refractivity (Wildman–Crippen MR) is 83.3 cm³/mol. The number of ether oxygens (including phenoxy) is 1. The van der Waals surface area contributed by atoms with E-state index in [2.05, 4.69) is 4.90 Å². The molecule has 120 valence electrons. The van der Waals surface area contributed by atoms with E-state index in [0.29, 0.717) is 12.6 Å². The van der Waals surface area contributed by atoms with Gasteiger partial charge in [0, 0.05) is 19.1 Å². The van der Waals surface area contributed by atoms with E-state index in [0.717, 1.165) is 37.1 Å². The number of nitrogens with two attached hydrogens (primary N) is 1. The molecule has 5 heteroatoms. The van der Waals surface area contributed by atoms with Crippen LogP contribution in [-0.2, 0) is 9.53 Å². The molecule has 2 saturated carbocycles. The van der Waals surface area contributed by atoms with Crippen LogP contribution in [-0.4, -0.2) is 42.1 Å². The second kappa shape index (κ2) is 6.05. The van der Waals surface area contributed by atoms with Gasteiger partial charge in [-0.15, -0.1) is 12.4 Å². The summed E-state index contributed by atoms with van der Waals surface area (Å²) in [7, 11) is 0. The number of rotatable bonds is 2. The minimum absolute atomic E-state index is 0. The van der Waals surface area contributed by atoms with Crippen molar-refractivity contribution in [1.29, 1.82) is 0 Å². The van der Waals surface area contributed by atoms with E-state index in [9.17, 15) is 4.79 Å². The zero-order chi connectivity index (χ0) is 13.7. The summed E-state index contributed by atoms with van der Waals surface area (Å²) in [6, 6.07) is 0.499. The van der Waals surface area contributed by atoms with Crippen molar-refractivity contribution in [2.45, 2.75) is 63.2 Å². The number of carbonyl (C=O) groups excluding carboxylic acids is 1. The molecular weight excluding hydrogens is 288 g/mol. The maximum Gasteiger partial charge on any atom is 0.251 e. The van der Waals surface area contributed by atoms with Gasteiger partial charge in [0.2, 0.25) is 0 Å². The molecule has 2 N–H and O–H groups in total. The third kappa shape index (κ3) is 2.82. The lowest BCUT2D eigenvalue weighted by Gasteiger charge is -2.39. The predicted octanol–water partition coefficient (Wildman–Crippen LogP) is 1.95. The molecule has 5 fully saturated rings. The highest BCUT2D eigenvalue weighted by molar-refractivity contribution is 5.85. The van der Waals surface area contributed by atoms with E-state index in [1.54, 1.807) is 0 Å². The van der Waals surface area contributed by atoms with Crippen molar-refractivity contribution in [2.75, 3.05) is 13.1 Å². The van der Waals surface area contributed by atoms with Crippen molar-refractivity contribution in [3.63, 3.8) is 0 Å². The first-order valence-corrected chi connectivity index (χ1v) is 8.39. The quantitative estimate of drug-likeness (QED) is 0.847. The summed E-state index contributed by atoms with van der Waals surface area (Å²) < 4.78 is 5.84. The van der Waals surface area contributed by atoms with Gasteiger partial charge in [0.05, 0.1) is 6.10 Å². The molecule has 0 aromatic rings. The molecule has 5 rings (SSSR count). The Hall–Kier alpha value is -0.320. The number of carbonyl (C=O) groups is 1. The Morgan fingerprint density at radius 2 is 1.71 bits per heavy atom. The van der Waals surface area contributed by atoms with Crippen LogP contribution in [0.5, 0.6) is 0 Å². The van der Waals surface area contributed by atoms with E-state index < -0.39 is 0 Å². The van der Waals surface area contributed by atoms with Crippen LogP contribution in [0.1, 0.15) is 44.9 Å². The average Bonchev–Trinajstić information content (AvgIpc) is 2.83. The van der Waals surface area contributed by atoms with Gasteiger partial charge in [-0.25, -0.2) is 0 Å². The Morgan fingerprint density at radius 1 is 1.05 bits per heavy atom. The molecule has 3 aliphatic heterocycles. The fraction of sp³-hybridized carbons (Fsp3) is 0.938. The summed E-state index contributed by atoms with van der Waals surface area (Å²) in [5.41, 5.74) is 5.66. The molecule has 1 amide bonds. The molecule has 4 atom stereocenters. The summed E-state index contributed by atoms with van der Waals surface area (Å²) in [5.74, 6) is 2.79. The Labute approximate surface area is 133 Å². The first-order chi connectivity index (χ1) is 9.72. The highest BCUT2D eigenvalue weighted by atomic mass is 35.5. The van der Waals surface area contributed by atoms with Crippen LogP contribution in [0.2, 0.25) is 0 Å². The van der Waals surface area contributed by atoms with Crippen molar-refractivity contribution >= 4 is 18.3 Å². The molecule has 0 aromatic heterocycles. The van der Waals surface area contributed by atoms with E-state index in [4.69, 9.17) is 10.5 Å². The SMILES string of the molecule is Cl.NC[C@H]1CC[C@@H](C(=O)N2CC3CC4CC(C3)CC2C4)O1. The molecule has 4 bridgehead atoms. The number of nitrogens with zero attached hydrogens (tertiary/aromatic N) is 1. The second-order valence-electron chi connectivity index (χ2n) is 7.48. The number of hydrogen-bond donors (Lipinski definition) is 1. The van der Waals surface area contributed by atoms with Crippen molar-refractivity contribution in [1.82, 2.24) is 4.90 Å². The maximum atomic E-state index is 12.8. The first-order valence-electron chi connectivity index (χ1n) is 8.39. The molecule has 5 aliphatic rings. The maximum absolute atomic E-state index is 12.8. The number of amides is 1. The summed E-state index contributed by atoms with van der Waals surface area (Å²) >= 11 is 0. The van der Waals surface area contributed by atoms with E-state index in [1.807, 2.05) is 0 Å². The summed E-state index contributed by atoms with van der Waals surface area (Å²) in [4.78, 5) is 15.0. The molecule has 0 radical (unpaired) electrons. The van der Waals surface area contributed by atoms with Crippen LogP contribution in [0.15, 0.2) is 0 Å². The fourth-order valence-electron chi connectivity index (χ4n) is 5.30. The topological polar surface area (TPSA) is 55.6 Å². The van der Waals surface area contributed by atoms with Crippen LogP contribution in [0.3, 0.4) is 0 Å². The van der Waals surface area contributed by atoms with Gasteiger partial charge in [0.25, 0.3) is 5.91 Å². The van der Waals surface area contributed by atoms with E-state index >= 15 is 0 Å². The molecule has 2 aliphatic carbocycles. The van der Waals surface area contributed by atoms with E-state index in [1.165, 1.54) is 32.1 Å². The normalized spacial score (nSPS) is 44.5. The van der Waals surface area contributed by atoms with Crippen molar-refractivity contribution in [3.05, 3.63) is 0 Å². The van der Waals surface area contributed by atoms with Gasteiger partial charge in [0.15, 0.2) is 0 Å². The Morgan fingerprint density at radius 3 is 2.33 bits per heavy atom. The van der Waals surface area contributed by atoms with Gasteiger partial charge in [0.1, 0.15) is 6.10 Å². The number of hydrogen-bond acceptors (Lipinski definition) is 3. The molecular formula is C16H27ClN2O2. The second-order valence-corrected chi connectivity index (χ2v) is 7.48. The summed E-state index contributed by atoms with van der Waals surface area (Å²) in [5, 5.41) is 0. The molecule has 3 saturated heterocycles. The average molecular weight is 315 g/mol. The minimum Gasteiger partial charge on any atom is -0.364 e. The molecule has 0 spiro atoms. The lowest BCUT2D eigenvalue weighted by atomic mass is 9.68. The van der Waals surface area contributed by atoms with Crippen LogP contribution >= 0.6 is 12.4 Å². The van der Waals surface area contributed by atoms with Crippen LogP contribution < -0.4 is 5.73 Å². The fourth-order valence-corrected chi connectivity index (χ4v) is 5.30. The summed E-state index contributed by atoms with van der Waals surface area (Å²) in [6.45, 7) is 1.53. The largest absolute Gasteiger partial charge is 0.364 e. The molecule has 4 nitrogen and oxygen atoms in total. The monoisotopic (exact) mass is 314 g/mol. The van der Waals surface area contributed by atoms with E-state index in [-0.39, 0.29) is 30.5 Å². The van der Waals surface area contributed by atoms with Crippen molar-refractivity contribution < 1.29 is 9.53 Å². The van der Waals surface area contributed by atoms with Crippen molar-refractivity contribution in [2.24, 2.45) is 23.5 Å². The van der Waals surface area contributed by atoms with Gasteiger partial charge >= 0.3 is 0 Å². The molecule has 2 unspecified atom stereocenters. The third-order valence-electron chi connectivity index (χ3n) is 6.04. The Balaban J connectivity index is 0.00000132. The molecule has 3 heterocycles. The smallest absolute Gasteiger partial charge is 0.251 e. The molecule has 0 aromatic carbocycles. The molecule has 21 heavy (non-hydrogen) atoms. The summed E-state index contributed by atoms with van der Waals surface area (Å²) in [6.07, 6.45) is 8.31. The van der Waals surface area contributed by atoms with Gasteiger partial charge in [-0.1, -0.05) is 0 Å². The minimum atomic E-state index is -0.209. The van der Waals surface area contributed by atoms with Gasteiger partial charge in [-0.05, 0) is 62.7 Å². The Kier molecular flexibility index (Phi) is 4.49. The number of halogens is 1. The number of fused-ring (bicyclic) bond motifs is 1. The zero-order valence-electron chi connectivity index (χ0n) is 12.6. The van der Waals surface area contributed by atoms with Crippen LogP contribution in [0, 0.1) is 17.8 Å². The highest BCUT2D eigenvalue weighted by Crippen LogP contribution is 2.47. The lowest BCUT2D eigenvalue weighted by Crippen LogP contribution is -2.47. The van der Waals surface area contributed by atoms with Crippen LogP contribution in [0.4, 0.5) is 0 Å². The lowest BCUT2D eigenvalue weighted by molar-refractivity contribution is -0.145. The highest BCUT2D eigenvalue weighted by Gasteiger charge is 2.46.